The van der Waals surface area contributed by atoms with E-state index < -0.39 is 0 Å². The van der Waals surface area contributed by atoms with Crippen LogP contribution in [0.15, 0.2) is 64.4 Å². The van der Waals surface area contributed by atoms with E-state index in [1.807, 2.05) is 66.9 Å². The van der Waals surface area contributed by atoms with Crippen LogP contribution in [-0.4, -0.2) is 18.7 Å². The third-order valence-corrected chi connectivity index (χ3v) is 5.11. The predicted molar refractivity (Wildman–Crippen MR) is 110 cm³/mol. The maximum absolute atomic E-state index is 13.1. The average molecular weight is 374 g/mol. The summed E-state index contributed by atoms with van der Waals surface area (Å²) < 4.78 is 4.61. The lowest BCUT2D eigenvalue weighted by Gasteiger charge is -2.12. The zero-order valence-corrected chi connectivity index (χ0v) is 16.2. The van der Waals surface area contributed by atoms with Crippen LogP contribution < -0.4 is 11.2 Å². The van der Waals surface area contributed by atoms with E-state index in [1.54, 1.807) is 13.3 Å². The van der Waals surface area contributed by atoms with Crippen LogP contribution in [0.4, 0.5) is 0 Å². The van der Waals surface area contributed by atoms with Gasteiger partial charge in [-0.1, -0.05) is 42.0 Å². The molecule has 0 saturated carbocycles. The lowest BCUT2D eigenvalue weighted by atomic mass is 10.1. The highest BCUT2D eigenvalue weighted by Gasteiger charge is 2.18. The number of aryl methyl sites for hydroxylation is 2. The summed E-state index contributed by atoms with van der Waals surface area (Å²) in [6.07, 6.45) is 1.64. The van der Waals surface area contributed by atoms with Crippen molar-refractivity contribution in [1.82, 2.24) is 18.7 Å². The molecule has 2 aromatic carbocycles. The van der Waals surface area contributed by atoms with Crippen LogP contribution in [0.25, 0.3) is 16.9 Å². The van der Waals surface area contributed by atoms with Gasteiger partial charge in [-0.25, -0.2) is 14.3 Å². The SMILES string of the molecule is CCn1c(=O)c2c(ncn2Cc2ccccc2C)n(-c2ccc(C)cc2)c1=O. The molecule has 2 heterocycles. The quantitative estimate of drug-likeness (QED) is 0.552. The molecule has 0 aliphatic carbocycles. The first-order chi connectivity index (χ1) is 13.5. The van der Waals surface area contributed by atoms with E-state index >= 15 is 0 Å². The highest BCUT2D eigenvalue weighted by molar-refractivity contribution is 5.72. The Morgan fingerprint density at radius 2 is 1.68 bits per heavy atom. The zero-order chi connectivity index (χ0) is 19.8. The molecule has 0 N–H and O–H groups in total. The van der Waals surface area contributed by atoms with E-state index in [0.717, 1.165) is 16.7 Å². The van der Waals surface area contributed by atoms with Gasteiger partial charge in [0.2, 0.25) is 0 Å². The van der Waals surface area contributed by atoms with Crippen LogP contribution in [-0.2, 0) is 13.1 Å². The number of benzene rings is 2. The van der Waals surface area contributed by atoms with Crippen molar-refractivity contribution in [2.75, 3.05) is 0 Å². The van der Waals surface area contributed by atoms with Gasteiger partial charge in [0.05, 0.1) is 12.0 Å². The van der Waals surface area contributed by atoms with E-state index in [4.69, 9.17) is 0 Å². The van der Waals surface area contributed by atoms with Gasteiger partial charge in [0.1, 0.15) is 0 Å². The summed E-state index contributed by atoms with van der Waals surface area (Å²) in [5.41, 5.74) is 4.19. The molecule has 0 spiro atoms. The number of aromatic nitrogens is 4. The van der Waals surface area contributed by atoms with Gasteiger partial charge in [0.15, 0.2) is 11.2 Å². The molecule has 0 bridgehead atoms. The maximum Gasteiger partial charge on any atom is 0.337 e. The van der Waals surface area contributed by atoms with E-state index in [2.05, 4.69) is 4.98 Å². The fourth-order valence-electron chi connectivity index (χ4n) is 3.48. The minimum atomic E-state index is -0.370. The van der Waals surface area contributed by atoms with Crippen LogP contribution in [0.1, 0.15) is 23.6 Å². The minimum absolute atomic E-state index is 0.301. The van der Waals surface area contributed by atoms with Crippen molar-refractivity contribution in [2.24, 2.45) is 0 Å². The van der Waals surface area contributed by atoms with Crippen molar-refractivity contribution in [3.63, 3.8) is 0 Å². The second kappa shape index (κ2) is 6.96. The molecule has 0 fully saturated rings. The molecular formula is C22H22N4O2. The zero-order valence-electron chi connectivity index (χ0n) is 16.2. The van der Waals surface area contributed by atoms with Crippen molar-refractivity contribution < 1.29 is 0 Å². The first-order valence-electron chi connectivity index (χ1n) is 9.33. The monoisotopic (exact) mass is 374 g/mol. The normalized spacial score (nSPS) is 11.2. The smallest absolute Gasteiger partial charge is 0.320 e. The number of hydrogen-bond donors (Lipinski definition) is 0. The van der Waals surface area contributed by atoms with Crippen LogP contribution in [0, 0.1) is 13.8 Å². The van der Waals surface area contributed by atoms with Gasteiger partial charge in [-0.15, -0.1) is 0 Å². The molecule has 0 aliphatic rings. The van der Waals surface area contributed by atoms with Gasteiger partial charge in [-0.3, -0.25) is 9.36 Å². The summed E-state index contributed by atoms with van der Waals surface area (Å²) in [6, 6.07) is 15.7. The second-order valence-corrected chi connectivity index (χ2v) is 6.97. The average Bonchev–Trinajstić information content (AvgIpc) is 3.09. The van der Waals surface area contributed by atoms with Crippen LogP contribution in [0.5, 0.6) is 0 Å². The first-order valence-corrected chi connectivity index (χ1v) is 9.33. The van der Waals surface area contributed by atoms with Gasteiger partial charge >= 0.3 is 5.69 Å². The van der Waals surface area contributed by atoms with Gasteiger partial charge < -0.3 is 4.57 Å². The molecule has 142 valence electrons. The molecule has 6 heteroatoms. The number of fused-ring (bicyclic) bond motifs is 1. The highest BCUT2D eigenvalue weighted by atomic mass is 16.2. The Morgan fingerprint density at radius 1 is 0.964 bits per heavy atom. The molecule has 0 atom stereocenters. The van der Waals surface area contributed by atoms with Crippen molar-refractivity contribution in [1.29, 1.82) is 0 Å². The van der Waals surface area contributed by atoms with Crippen molar-refractivity contribution in [3.05, 3.63) is 92.4 Å². The fourth-order valence-corrected chi connectivity index (χ4v) is 3.48. The Labute approximate surface area is 162 Å². The number of nitrogens with zero attached hydrogens (tertiary/aromatic N) is 4. The molecule has 6 nitrogen and oxygen atoms in total. The van der Waals surface area contributed by atoms with Gasteiger partial charge in [0, 0.05) is 13.1 Å². The Kier molecular flexibility index (Phi) is 4.47. The van der Waals surface area contributed by atoms with Crippen LogP contribution >= 0.6 is 0 Å². The third kappa shape index (κ3) is 2.87. The second-order valence-electron chi connectivity index (χ2n) is 6.97. The number of rotatable bonds is 4. The number of imidazole rings is 1. The molecule has 0 saturated heterocycles. The highest BCUT2D eigenvalue weighted by Crippen LogP contribution is 2.16. The Bertz CT molecular complexity index is 1280. The standard InChI is InChI=1S/C22H22N4O2/c1-4-25-21(27)19-20(26(22(25)28)18-11-9-15(2)10-12-18)23-14-24(19)13-17-8-6-5-7-16(17)3/h5-12,14H,4,13H2,1-3H3. The lowest BCUT2D eigenvalue weighted by molar-refractivity contribution is 0.655. The Morgan fingerprint density at radius 3 is 2.36 bits per heavy atom. The summed E-state index contributed by atoms with van der Waals surface area (Å²) >= 11 is 0. The van der Waals surface area contributed by atoms with E-state index in [0.29, 0.717) is 29.9 Å². The van der Waals surface area contributed by atoms with Crippen molar-refractivity contribution >= 4 is 11.2 Å². The Hall–Kier alpha value is -3.41. The third-order valence-electron chi connectivity index (χ3n) is 5.11. The van der Waals surface area contributed by atoms with Gasteiger partial charge in [-0.05, 0) is 44.0 Å². The summed E-state index contributed by atoms with van der Waals surface area (Å²) in [4.78, 5) is 30.5. The summed E-state index contributed by atoms with van der Waals surface area (Å²) in [5, 5.41) is 0. The fraction of sp³-hybridized carbons (Fsp3) is 0.227. The number of hydrogen-bond acceptors (Lipinski definition) is 3. The molecule has 0 amide bonds. The molecule has 2 aromatic heterocycles. The Balaban J connectivity index is 2.00. The van der Waals surface area contributed by atoms with Crippen molar-refractivity contribution in [2.45, 2.75) is 33.9 Å². The topological polar surface area (TPSA) is 61.8 Å². The minimum Gasteiger partial charge on any atom is -0.320 e. The predicted octanol–water partition coefficient (Wildman–Crippen LogP) is 3.03. The summed E-state index contributed by atoms with van der Waals surface area (Å²) in [6.45, 7) is 6.66. The van der Waals surface area contributed by atoms with Crippen molar-refractivity contribution in [3.8, 4) is 5.69 Å². The summed E-state index contributed by atoms with van der Waals surface area (Å²) in [5.74, 6) is 0. The van der Waals surface area contributed by atoms with E-state index in [-0.39, 0.29) is 11.2 Å². The summed E-state index contributed by atoms with van der Waals surface area (Å²) in [7, 11) is 0. The largest absolute Gasteiger partial charge is 0.337 e. The molecule has 4 rings (SSSR count). The van der Waals surface area contributed by atoms with Crippen LogP contribution in [0.2, 0.25) is 0 Å². The van der Waals surface area contributed by atoms with Gasteiger partial charge in [-0.2, -0.15) is 0 Å². The van der Waals surface area contributed by atoms with Gasteiger partial charge in [0.25, 0.3) is 5.56 Å². The van der Waals surface area contributed by atoms with E-state index in [1.165, 1.54) is 9.13 Å². The molecular weight excluding hydrogens is 352 g/mol. The molecule has 0 aliphatic heterocycles. The lowest BCUT2D eigenvalue weighted by Crippen LogP contribution is -2.39. The first kappa shape index (κ1) is 18.0. The molecule has 4 aromatic rings. The van der Waals surface area contributed by atoms with E-state index in [9.17, 15) is 9.59 Å². The molecule has 0 radical (unpaired) electrons. The maximum atomic E-state index is 13.1. The molecule has 28 heavy (non-hydrogen) atoms. The molecule has 0 unspecified atom stereocenters. The van der Waals surface area contributed by atoms with Crippen LogP contribution in [0.3, 0.4) is 0 Å².